The summed E-state index contributed by atoms with van der Waals surface area (Å²) in [6, 6.07) is 2.00. The lowest BCUT2D eigenvalue weighted by atomic mass is 10.0. The molecule has 3 nitrogen and oxygen atoms in total. The largest absolute Gasteiger partial charge is 0.460 e. The zero-order valence-corrected chi connectivity index (χ0v) is 14.8. The highest BCUT2D eigenvalue weighted by Crippen LogP contribution is 2.59. The number of hydrogen-bond acceptors (Lipinski definition) is 3. The van der Waals surface area contributed by atoms with Crippen molar-refractivity contribution in [1.29, 1.82) is 5.26 Å². The summed E-state index contributed by atoms with van der Waals surface area (Å²) in [6.07, 6.45) is 1.71. The number of rotatable bonds is 4. The molecule has 0 saturated heterocycles. The molecule has 0 heterocycles. The molecular weight excluding hydrogens is 331 g/mol. The van der Waals surface area contributed by atoms with Crippen LogP contribution in [-0.2, 0) is 16.1 Å². The Bertz CT molecular complexity index is 777. The molecule has 1 aromatic rings. The minimum Gasteiger partial charge on any atom is -0.460 e. The van der Waals surface area contributed by atoms with E-state index in [-0.39, 0.29) is 22.5 Å². The van der Waals surface area contributed by atoms with Gasteiger partial charge in [0.1, 0.15) is 12.4 Å². The zero-order valence-electron chi connectivity index (χ0n) is 14.8. The first-order valence-corrected chi connectivity index (χ1v) is 7.91. The molecule has 0 radical (unpaired) electrons. The molecule has 0 unspecified atom stereocenters. The van der Waals surface area contributed by atoms with E-state index in [0.29, 0.717) is 5.57 Å². The Kier molecular flexibility index (Phi) is 4.99. The lowest BCUT2D eigenvalue weighted by molar-refractivity contribution is -0.147. The van der Waals surface area contributed by atoms with Crippen LogP contribution in [0.3, 0.4) is 0 Å². The Morgan fingerprint density at radius 2 is 1.80 bits per heavy atom. The predicted molar refractivity (Wildman–Crippen MR) is 85.7 cm³/mol. The van der Waals surface area contributed by atoms with Gasteiger partial charge in [0.15, 0.2) is 11.6 Å². The second kappa shape index (κ2) is 6.55. The summed E-state index contributed by atoms with van der Waals surface area (Å²) in [5, 5.41) is 8.85. The van der Waals surface area contributed by atoms with Crippen molar-refractivity contribution in [1.82, 2.24) is 0 Å². The summed E-state index contributed by atoms with van der Waals surface area (Å²) in [4.78, 5) is 12.3. The van der Waals surface area contributed by atoms with E-state index < -0.39 is 41.5 Å². The van der Waals surface area contributed by atoms with Gasteiger partial charge in [0.25, 0.3) is 0 Å². The van der Waals surface area contributed by atoms with Crippen LogP contribution in [0.2, 0.25) is 0 Å². The van der Waals surface area contributed by atoms with Gasteiger partial charge in [-0.05, 0) is 37.7 Å². The van der Waals surface area contributed by atoms with Gasteiger partial charge in [-0.3, -0.25) is 4.79 Å². The number of carbonyl (C=O) groups is 1. The van der Waals surface area contributed by atoms with Crippen LogP contribution in [0.1, 0.15) is 37.5 Å². The molecule has 1 aromatic carbocycles. The molecule has 134 valence electrons. The van der Waals surface area contributed by atoms with Crippen molar-refractivity contribution in [2.45, 2.75) is 41.2 Å². The summed E-state index contributed by atoms with van der Waals surface area (Å²) in [6.45, 7) is 7.30. The van der Waals surface area contributed by atoms with Crippen molar-refractivity contribution in [3.05, 3.63) is 45.8 Å². The highest BCUT2D eigenvalue weighted by molar-refractivity contribution is 5.78. The highest BCUT2D eigenvalue weighted by atomic mass is 19.2. The summed E-state index contributed by atoms with van der Waals surface area (Å²) in [7, 11) is 0. The van der Waals surface area contributed by atoms with Gasteiger partial charge in [0.05, 0.1) is 12.0 Å². The van der Waals surface area contributed by atoms with Gasteiger partial charge < -0.3 is 4.74 Å². The highest BCUT2D eigenvalue weighted by Gasteiger charge is 2.61. The van der Waals surface area contributed by atoms with Gasteiger partial charge in [-0.15, -0.1) is 0 Å². The van der Waals surface area contributed by atoms with Crippen LogP contribution >= 0.6 is 0 Å². The summed E-state index contributed by atoms with van der Waals surface area (Å²) in [5.41, 5.74) is -0.653. The first-order valence-electron chi connectivity index (χ1n) is 7.91. The molecule has 2 atom stereocenters. The Balaban J connectivity index is 2.16. The topological polar surface area (TPSA) is 50.1 Å². The van der Waals surface area contributed by atoms with Crippen molar-refractivity contribution in [3.8, 4) is 6.07 Å². The number of hydrogen-bond donors (Lipinski definition) is 0. The van der Waals surface area contributed by atoms with E-state index >= 15 is 0 Å². The van der Waals surface area contributed by atoms with Gasteiger partial charge >= 0.3 is 5.97 Å². The van der Waals surface area contributed by atoms with Crippen LogP contribution < -0.4 is 0 Å². The molecule has 0 aliphatic heterocycles. The van der Waals surface area contributed by atoms with E-state index in [4.69, 9.17) is 10.00 Å². The van der Waals surface area contributed by atoms with Gasteiger partial charge in [0.2, 0.25) is 0 Å². The number of ether oxygens (including phenoxy) is 1. The van der Waals surface area contributed by atoms with E-state index in [1.54, 1.807) is 13.0 Å². The lowest BCUT2D eigenvalue weighted by Crippen LogP contribution is -2.13. The van der Waals surface area contributed by atoms with Crippen molar-refractivity contribution >= 4 is 5.97 Å². The monoisotopic (exact) mass is 351 g/mol. The average Bonchev–Trinajstić information content (AvgIpc) is 3.10. The average molecular weight is 351 g/mol. The normalized spacial score (nSPS) is 21.6. The van der Waals surface area contributed by atoms with Crippen molar-refractivity contribution in [3.63, 3.8) is 0 Å². The van der Waals surface area contributed by atoms with E-state index in [2.05, 4.69) is 0 Å². The third kappa shape index (κ3) is 3.28. The first-order chi connectivity index (χ1) is 11.5. The molecule has 0 spiro atoms. The number of carbonyl (C=O) groups excluding carboxylic acids is 1. The number of allylic oxidation sites excluding steroid dienone is 2. The maximum Gasteiger partial charge on any atom is 0.310 e. The van der Waals surface area contributed by atoms with Crippen LogP contribution in [0, 0.1) is 59.9 Å². The van der Waals surface area contributed by atoms with Crippen LogP contribution in [0.15, 0.2) is 11.6 Å². The van der Waals surface area contributed by atoms with Crippen LogP contribution in [0.4, 0.5) is 13.2 Å². The van der Waals surface area contributed by atoms with Gasteiger partial charge in [-0.1, -0.05) is 19.9 Å². The third-order valence-corrected chi connectivity index (χ3v) is 5.03. The molecule has 0 aromatic heterocycles. The summed E-state index contributed by atoms with van der Waals surface area (Å²) < 4.78 is 46.8. The number of nitriles is 1. The predicted octanol–water partition coefficient (Wildman–Crippen LogP) is 4.51. The molecule has 1 aliphatic rings. The molecule has 0 N–H and O–H groups in total. The van der Waals surface area contributed by atoms with Gasteiger partial charge in [0, 0.05) is 16.7 Å². The Labute approximate surface area is 145 Å². The molecule has 1 aliphatic carbocycles. The molecule has 6 heteroatoms. The van der Waals surface area contributed by atoms with E-state index in [1.165, 1.54) is 6.92 Å². The molecular formula is C19H20F3NO2. The third-order valence-electron chi connectivity index (χ3n) is 5.03. The van der Waals surface area contributed by atoms with Gasteiger partial charge in [-0.2, -0.15) is 5.26 Å². The second-order valence-electron chi connectivity index (χ2n) is 7.06. The standard InChI is InChI=1S/C19H20F3NO2/c1-9(7-23)6-13-14(19(13,4)5)18(24)25-8-12-10(2)15(20)11(3)16(21)17(12)22/h6,13-14H,8H2,1-5H3/t13-,14+/m1/s1. The molecule has 25 heavy (non-hydrogen) atoms. The fourth-order valence-corrected chi connectivity index (χ4v) is 3.12. The van der Waals surface area contributed by atoms with Crippen LogP contribution in [0.25, 0.3) is 0 Å². The summed E-state index contributed by atoms with van der Waals surface area (Å²) in [5.74, 6) is -4.52. The second-order valence-corrected chi connectivity index (χ2v) is 7.06. The maximum absolute atomic E-state index is 14.0. The lowest BCUT2D eigenvalue weighted by Gasteiger charge is -2.13. The molecule has 1 fully saturated rings. The smallest absolute Gasteiger partial charge is 0.310 e. The fourth-order valence-electron chi connectivity index (χ4n) is 3.12. The SMILES string of the molecule is CC(C#N)=C[C@@H]1[C@@H](C(=O)OCc2c(C)c(F)c(C)c(F)c2F)C1(C)C. The molecule has 1 saturated carbocycles. The first kappa shape index (κ1) is 19.0. The van der Waals surface area contributed by atoms with E-state index in [1.807, 2.05) is 19.9 Å². The fraction of sp³-hybridized carbons (Fsp3) is 0.474. The number of esters is 1. The van der Waals surface area contributed by atoms with Crippen LogP contribution in [-0.4, -0.2) is 5.97 Å². The molecule has 0 bridgehead atoms. The van der Waals surface area contributed by atoms with Crippen molar-refractivity contribution in [2.24, 2.45) is 17.3 Å². The van der Waals surface area contributed by atoms with Crippen molar-refractivity contribution < 1.29 is 22.7 Å². The Morgan fingerprint density at radius 1 is 1.20 bits per heavy atom. The van der Waals surface area contributed by atoms with E-state index in [9.17, 15) is 18.0 Å². The molecule has 0 amide bonds. The number of nitrogens with zero attached hydrogens (tertiary/aromatic N) is 1. The zero-order chi connectivity index (χ0) is 19.1. The quantitative estimate of drug-likeness (QED) is 0.456. The number of benzene rings is 1. The Hall–Kier alpha value is -2.29. The number of halogens is 3. The molecule has 2 rings (SSSR count). The van der Waals surface area contributed by atoms with Crippen LogP contribution in [0.5, 0.6) is 0 Å². The van der Waals surface area contributed by atoms with E-state index in [0.717, 1.165) is 6.92 Å². The van der Waals surface area contributed by atoms with Gasteiger partial charge in [-0.25, -0.2) is 13.2 Å². The maximum atomic E-state index is 14.0. The minimum absolute atomic E-state index is 0.0731. The van der Waals surface area contributed by atoms with Crippen molar-refractivity contribution in [2.75, 3.05) is 0 Å². The summed E-state index contributed by atoms with van der Waals surface area (Å²) >= 11 is 0. The Morgan fingerprint density at radius 3 is 2.36 bits per heavy atom. The minimum atomic E-state index is -1.27.